The van der Waals surface area contributed by atoms with Crippen molar-refractivity contribution in [3.63, 3.8) is 0 Å². The quantitative estimate of drug-likeness (QED) is 0.339. The summed E-state index contributed by atoms with van der Waals surface area (Å²) >= 11 is 2.86. The fourth-order valence-corrected chi connectivity index (χ4v) is 5.15. The number of carbonyl (C=O) groups is 1. The van der Waals surface area contributed by atoms with Crippen molar-refractivity contribution < 1.29 is 4.79 Å². The van der Waals surface area contributed by atoms with Crippen LogP contribution in [0.3, 0.4) is 0 Å². The van der Waals surface area contributed by atoms with Crippen LogP contribution in [0.25, 0.3) is 22.6 Å². The zero-order chi connectivity index (χ0) is 22.8. The summed E-state index contributed by atoms with van der Waals surface area (Å²) in [6.45, 7) is 4.02. The first-order valence-electron chi connectivity index (χ1n) is 11.0. The van der Waals surface area contributed by atoms with Gasteiger partial charge in [-0.05, 0) is 43.9 Å². The fraction of sp³-hybridized carbons (Fsp3) is 0.292. The van der Waals surface area contributed by atoms with E-state index in [0.29, 0.717) is 11.2 Å². The number of amides is 1. The molecule has 4 aromatic rings. The largest absolute Gasteiger partial charge is 0.301 e. The van der Waals surface area contributed by atoms with Gasteiger partial charge in [-0.1, -0.05) is 43.0 Å². The van der Waals surface area contributed by atoms with Gasteiger partial charge in [0.25, 0.3) is 0 Å². The summed E-state index contributed by atoms with van der Waals surface area (Å²) in [7, 11) is 0. The van der Waals surface area contributed by atoms with Gasteiger partial charge in [-0.2, -0.15) is 0 Å². The summed E-state index contributed by atoms with van der Waals surface area (Å²) < 4.78 is 2.15. The van der Waals surface area contributed by atoms with Gasteiger partial charge in [-0.25, -0.2) is 4.98 Å². The minimum atomic E-state index is -0.343. The Kier molecular flexibility index (Phi) is 6.24. The van der Waals surface area contributed by atoms with Crippen molar-refractivity contribution in [2.45, 2.75) is 49.6 Å². The molecule has 1 fully saturated rings. The molecule has 0 unspecified atom stereocenters. The number of carbonyl (C=O) groups excluding carboxylic acids is 1. The van der Waals surface area contributed by atoms with Crippen LogP contribution >= 0.6 is 23.1 Å². The summed E-state index contributed by atoms with van der Waals surface area (Å²) in [4.78, 5) is 21.7. The van der Waals surface area contributed by atoms with Crippen LogP contribution in [-0.4, -0.2) is 35.9 Å². The first kappa shape index (κ1) is 21.8. The number of hydrogen-bond donors (Lipinski definition) is 1. The standard InChI is InChI=1S/C24H24N6OS2/c1-3-16-6-8-17(9-7-16)20-14-32-23(26-20)27-22(31)15(2)33-24-29-28-21(30(24)19-10-11-19)18-5-4-12-25-13-18/h4-9,12-15,19H,3,10-11H2,1-2H3,(H,26,27,31)/t15-/m0/s1. The molecule has 0 radical (unpaired) electrons. The van der Waals surface area contributed by atoms with Gasteiger partial charge in [0.2, 0.25) is 5.91 Å². The first-order valence-corrected chi connectivity index (χ1v) is 12.8. The third kappa shape index (κ3) is 4.84. The lowest BCUT2D eigenvalue weighted by Crippen LogP contribution is -2.22. The average Bonchev–Trinajstić information content (AvgIpc) is 3.44. The number of thiazole rings is 1. The maximum atomic E-state index is 12.9. The number of benzene rings is 1. The lowest BCUT2D eigenvalue weighted by molar-refractivity contribution is -0.115. The van der Waals surface area contributed by atoms with Crippen molar-refractivity contribution in [3.05, 3.63) is 59.7 Å². The Morgan fingerprint density at radius 1 is 1.21 bits per heavy atom. The van der Waals surface area contributed by atoms with E-state index in [1.165, 1.54) is 28.7 Å². The van der Waals surface area contributed by atoms with Crippen molar-refractivity contribution in [1.29, 1.82) is 0 Å². The van der Waals surface area contributed by atoms with Gasteiger partial charge in [-0.3, -0.25) is 14.3 Å². The van der Waals surface area contributed by atoms with E-state index in [1.54, 1.807) is 12.4 Å². The highest BCUT2D eigenvalue weighted by atomic mass is 32.2. The molecule has 3 heterocycles. The molecule has 9 heteroatoms. The van der Waals surface area contributed by atoms with Crippen LogP contribution in [0.4, 0.5) is 5.13 Å². The molecule has 0 saturated heterocycles. The third-order valence-electron chi connectivity index (χ3n) is 5.54. The summed E-state index contributed by atoms with van der Waals surface area (Å²) in [5, 5.41) is 14.7. The Balaban J connectivity index is 1.27. The van der Waals surface area contributed by atoms with Gasteiger partial charge in [-0.15, -0.1) is 21.5 Å². The van der Waals surface area contributed by atoms with E-state index in [0.717, 1.165) is 47.1 Å². The number of aryl methyl sites for hydroxylation is 1. The molecule has 0 bridgehead atoms. The molecule has 33 heavy (non-hydrogen) atoms. The Hall–Kier alpha value is -3.04. The van der Waals surface area contributed by atoms with E-state index < -0.39 is 0 Å². The lowest BCUT2D eigenvalue weighted by atomic mass is 10.1. The Morgan fingerprint density at radius 3 is 2.73 bits per heavy atom. The fourth-order valence-electron chi connectivity index (χ4n) is 3.50. The van der Waals surface area contributed by atoms with Crippen LogP contribution in [0, 0.1) is 0 Å². The molecule has 1 saturated carbocycles. The summed E-state index contributed by atoms with van der Waals surface area (Å²) in [5.74, 6) is 0.704. The second-order valence-electron chi connectivity index (χ2n) is 7.99. The molecule has 5 rings (SSSR count). The second kappa shape index (κ2) is 9.44. The normalized spacial score (nSPS) is 14.2. The minimum Gasteiger partial charge on any atom is -0.301 e. The molecule has 0 spiro atoms. The van der Waals surface area contributed by atoms with Crippen LogP contribution in [0.1, 0.15) is 38.3 Å². The minimum absolute atomic E-state index is 0.101. The number of nitrogens with zero attached hydrogens (tertiary/aromatic N) is 5. The molecular formula is C24H24N6OS2. The number of aromatic nitrogens is 5. The topological polar surface area (TPSA) is 85.6 Å². The van der Waals surface area contributed by atoms with E-state index >= 15 is 0 Å². The number of hydrogen-bond acceptors (Lipinski definition) is 7. The maximum Gasteiger partial charge on any atom is 0.239 e. The molecule has 0 aliphatic heterocycles. The smallest absolute Gasteiger partial charge is 0.239 e. The van der Waals surface area contributed by atoms with E-state index in [-0.39, 0.29) is 11.2 Å². The van der Waals surface area contributed by atoms with Crippen LogP contribution in [0.5, 0.6) is 0 Å². The van der Waals surface area contributed by atoms with Gasteiger partial charge in [0.05, 0.1) is 10.9 Å². The highest BCUT2D eigenvalue weighted by Gasteiger charge is 2.31. The van der Waals surface area contributed by atoms with Crippen LogP contribution in [0.15, 0.2) is 59.3 Å². The van der Waals surface area contributed by atoms with Gasteiger partial charge < -0.3 is 5.32 Å². The molecule has 1 aliphatic rings. The maximum absolute atomic E-state index is 12.9. The van der Waals surface area contributed by atoms with E-state index in [4.69, 9.17) is 0 Å². The second-order valence-corrected chi connectivity index (χ2v) is 10.2. The van der Waals surface area contributed by atoms with Gasteiger partial charge in [0.15, 0.2) is 16.1 Å². The summed E-state index contributed by atoms with van der Waals surface area (Å²) in [6, 6.07) is 12.6. The molecule has 1 atom stereocenters. The number of pyridine rings is 1. The molecule has 3 aromatic heterocycles. The molecule has 1 aromatic carbocycles. The van der Waals surface area contributed by atoms with Crippen molar-refractivity contribution in [1.82, 2.24) is 24.7 Å². The zero-order valence-corrected chi connectivity index (χ0v) is 20.1. The molecule has 1 amide bonds. The van der Waals surface area contributed by atoms with Crippen molar-refractivity contribution in [2.75, 3.05) is 5.32 Å². The average molecular weight is 477 g/mol. The van der Waals surface area contributed by atoms with Gasteiger partial charge in [0, 0.05) is 34.9 Å². The lowest BCUT2D eigenvalue weighted by Gasteiger charge is -2.12. The Labute approximate surface area is 200 Å². The number of nitrogens with one attached hydrogen (secondary N) is 1. The van der Waals surface area contributed by atoms with Crippen molar-refractivity contribution in [2.24, 2.45) is 0 Å². The van der Waals surface area contributed by atoms with Crippen LogP contribution < -0.4 is 5.32 Å². The zero-order valence-electron chi connectivity index (χ0n) is 18.4. The van der Waals surface area contributed by atoms with Gasteiger partial charge in [0.1, 0.15) is 0 Å². The predicted octanol–water partition coefficient (Wildman–Crippen LogP) is 5.48. The molecular weight excluding hydrogens is 452 g/mol. The van der Waals surface area contributed by atoms with E-state index in [1.807, 2.05) is 24.4 Å². The SMILES string of the molecule is CCc1ccc(-c2csc(NC(=O)[C@H](C)Sc3nnc(-c4cccnc4)n3C3CC3)n2)cc1. The molecule has 1 aliphatic carbocycles. The van der Waals surface area contributed by atoms with Crippen molar-refractivity contribution >= 4 is 34.1 Å². The number of rotatable bonds is 8. The van der Waals surface area contributed by atoms with Crippen LogP contribution in [-0.2, 0) is 11.2 Å². The predicted molar refractivity (Wildman–Crippen MR) is 132 cm³/mol. The highest BCUT2D eigenvalue weighted by Crippen LogP contribution is 2.41. The molecule has 7 nitrogen and oxygen atoms in total. The monoisotopic (exact) mass is 476 g/mol. The first-order chi connectivity index (χ1) is 16.1. The third-order valence-corrected chi connectivity index (χ3v) is 7.35. The van der Waals surface area contributed by atoms with Gasteiger partial charge >= 0.3 is 0 Å². The highest BCUT2D eigenvalue weighted by molar-refractivity contribution is 8.00. The van der Waals surface area contributed by atoms with E-state index in [9.17, 15) is 4.79 Å². The van der Waals surface area contributed by atoms with Crippen LogP contribution in [0.2, 0.25) is 0 Å². The molecule has 1 N–H and O–H groups in total. The Morgan fingerprint density at radius 2 is 2.03 bits per heavy atom. The number of anilines is 1. The Bertz CT molecular complexity index is 1250. The van der Waals surface area contributed by atoms with E-state index in [2.05, 4.69) is 61.2 Å². The van der Waals surface area contributed by atoms with Crippen molar-refractivity contribution in [3.8, 4) is 22.6 Å². The number of thioether (sulfide) groups is 1. The summed E-state index contributed by atoms with van der Waals surface area (Å²) in [6.07, 6.45) is 6.74. The molecule has 168 valence electrons. The summed E-state index contributed by atoms with van der Waals surface area (Å²) in [5.41, 5.74) is 4.14.